The quantitative estimate of drug-likeness (QED) is 0.789. The Kier molecular flexibility index (Phi) is 3.97. The lowest BCUT2D eigenvalue weighted by Gasteiger charge is -2.16. The van der Waals surface area contributed by atoms with Crippen LogP contribution in [0.2, 0.25) is 0 Å². The van der Waals surface area contributed by atoms with Crippen molar-refractivity contribution < 1.29 is 19.0 Å². The van der Waals surface area contributed by atoms with E-state index >= 15 is 0 Å². The molecule has 2 fully saturated rings. The lowest BCUT2D eigenvalue weighted by Crippen LogP contribution is -2.34. The zero-order valence-electron chi connectivity index (χ0n) is 12.8. The van der Waals surface area contributed by atoms with Crippen LogP contribution in [0.25, 0.3) is 11.4 Å². The van der Waals surface area contributed by atoms with E-state index in [1.807, 2.05) is 24.4 Å². The van der Waals surface area contributed by atoms with Crippen LogP contribution in [0.1, 0.15) is 6.04 Å². The highest BCUT2D eigenvalue weighted by atomic mass is 16.6. The first kappa shape index (κ1) is 15.2. The van der Waals surface area contributed by atoms with Gasteiger partial charge in [-0.05, 0) is 12.1 Å². The number of nitrogens with zero attached hydrogens (tertiary/aromatic N) is 4. The standard InChI is InChI=1S/C15H17N5O4/c16-13(21)8-22-12-7-24-14-11(6-23-15(12)14)20-5-10(18-19-20)9-3-1-2-4-17-9/h1-5,11-12,14-15H,6-8H2,(H2,16,21)/t11-,12+,14+,15+/m0/s1. The third-order valence-electron chi connectivity index (χ3n) is 4.20. The first-order chi connectivity index (χ1) is 11.7. The molecule has 0 aliphatic carbocycles. The molecule has 4 rings (SSSR count). The van der Waals surface area contributed by atoms with Crippen LogP contribution >= 0.6 is 0 Å². The van der Waals surface area contributed by atoms with Crippen LogP contribution < -0.4 is 5.73 Å². The van der Waals surface area contributed by atoms with E-state index < -0.39 is 5.91 Å². The summed E-state index contributed by atoms with van der Waals surface area (Å²) in [5, 5.41) is 8.36. The van der Waals surface area contributed by atoms with Gasteiger partial charge in [-0.25, -0.2) is 4.68 Å². The molecule has 2 aromatic rings. The fourth-order valence-electron chi connectivity index (χ4n) is 3.07. The molecule has 1 amide bonds. The van der Waals surface area contributed by atoms with E-state index in [0.29, 0.717) is 18.9 Å². The van der Waals surface area contributed by atoms with Gasteiger partial charge in [0.2, 0.25) is 5.91 Å². The Bertz CT molecular complexity index is 722. The number of hydrogen-bond donors (Lipinski definition) is 1. The number of rotatable bonds is 5. The molecule has 4 heterocycles. The van der Waals surface area contributed by atoms with Crippen molar-refractivity contribution in [3.05, 3.63) is 30.6 Å². The molecule has 2 aliphatic heterocycles. The van der Waals surface area contributed by atoms with Gasteiger partial charge in [0, 0.05) is 6.20 Å². The molecule has 9 heteroatoms. The van der Waals surface area contributed by atoms with E-state index in [2.05, 4.69) is 15.3 Å². The third kappa shape index (κ3) is 2.77. The second-order valence-corrected chi connectivity index (χ2v) is 5.78. The van der Waals surface area contributed by atoms with Crippen LogP contribution in [0.5, 0.6) is 0 Å². The number of carbonyl (C=O) groups excluding carboxylic acids is 1. The minimum atomic E-state index is -0.510. The number of nitrogens with two attached hydrogens (primary N) is 1. The van der Waals surface area contributed by atoms with E-state index in [1.54, 1.807) is 10.9 Å². The van der Waals surface area contributed by atoms with Gasteiger partial charge in [0.1, 0.15) is 36.7 Å². The Morgan fingerprint density at radius 3 is 2.96 bits per heavy atom. The molecule has 0 radical (unpaired) electrons. The number of fused-ring (bicyclic) bond motifs is 1. The minimum Gasteiger partial charge on any atom is -0.370 e. The van der Waals surface area contributed by atoms with Gasteiger partial charge in [0.15, 0.2) is 0 Å². The summed E-state index contributed by atoms with van der Waals surface area (Å²) < 4.78 is 18.8. The highest BCUT2D eigenvalue weighted by molar-refractivity contribution is 5.75. The fourth-order valence-corrected chi connectivity index (χ4v) is 3.07. The van der Waals surface area contributed by atoms with Crippen LogP contribution in [-0.2, 0) is 19.0 Å². The molecule has 0 saturated carbocycles. The molecule has 2 aliphatic rings. The topological polar surface area (TPSA) is 114 Å². The van der Waals surface area contributed by atoms with Crippen LogP contribution in [0.3, 0.4) is 0 Å². The molecule has 0 spiro atoms. The van der Waals surface area contributed by atoms with Crippen molar-refractivity contribution in [2.45, 2.75) is 24.4 Å². The van der Waals surface area contributed by atoms with Gasteiger partial charge in [-0.15, -0.1) is 5.10 Å². The van der Waals surface area contributed by atoms with E-state index in [9.17, 15) is 4.79 Å². The molecule has 4 atom stereocenters. The molecule has 0 aromatic carbocycles. The average Bonchev–Trinajstić information content (AvgIpc) is 3.30. The predicted molar refractivity (Wildman–Crippen MR) is 80.7 cm³/mol. The Balaban J connectivity index is 1.47. The molecular formula is C15H17N5O4. The number of primary amides is 1. The highest BCUT2D eigenvalue weighted by Crippen LogP contribution is 2.35. The molecular weight excluding hydrogens is 314 g/mol. The van der Waals surface area contributed by atoms with Gasteiger partial charge in [-0.2, -0.15) is 0 Å². The number of amides is 1. The Hall–Kier alpha value is -2.36. The van der Waals surface area contributed by atoms with Crippen LogP contribution in [0.15, 0.2) is 30.6 Å². The zero-order valence-corrected chi connectivity index (χ0v) is 12.8. The molecule has 24 heavy (non-hydrogen) atoms. The van der Waals surface area contributed by atoms with Crippen LogP contribution in [0.4, 0.5) is 0 Å². The largest absolute Gasteiger partial charge is 0.370 e. The second kappa shape index (κ2) is 6.27. The van der Waals surface area contributed by atoms with Gasteiger partial charge < -0.3 is 19.9 Å². The number of hydrogen-bond acceptors (Lipinski definition) is 7. The molecule has 126 valence electrons. The summed E-state index contributed by atoms with van der Waals surface area (Å²) in [5.74, 6) is -0.510. The predicted octanol–water partition coefficient (Wildman–Crippen LogP) is -0.451. The van der Waals surface area contributed by atoms with E-state index in [-0.39, 0.29) is 31.0 Å². The SMILES string of the molecule is NC(=O)CO[C@@H]1CO[C@H]2[C@@H]1OC[C@@H]2n1cc(-c2ccccn2)nn1. The maximum Gasteiger partial charge on any atom is 0.243 e. The maximum atomic E-state index is 10.9. The first-order valence-electron chi connectivity index (χ1n) is 7.69. The highest BCUT2D eigenvalue weighted by Gasteiger charge is 2.49. The summed E-state index contributed by atoms with van der Waals surface area (Å²) in [5.41, 5.74) is 6.56. The fraction of sp³-hybridized carbons (Fsp3) is 0.467. The summed E-state index contributed by atoms with van der Waals surface area (Å²) in [6, 6.07) is 5.53. The second-order valence-electron chi connectivity index (χ2n) is 5.78. The van der Waals surface area contributed by atoms with Crippen molar-refractivity contribution in [3.8, 4) is 11.4 Å². The van der Waals surface area contributed by atoms with E-state index in [0.717, 1.165) is 5.69 Å². The Morgan fingerprint density at radius 1 is 1.29 bits per heavy atom. The molecule has 2 N–H and O–H groups in total. The van der Waals surface area contributed by atoms with E-state index in [1.165, 1.54) is 0 Å². The number of ether oxygens (including phenoxy) is 3. The smallest absolute Gasteiger partial charge is 0.243 e. The molecule has 2 saturated heterocycles. The average molecular weight is 331 g/mol. The monoisotopic (exact) mass is 331 g/mol. The van der Waals surface area contributed by atoms with Crippen molar-refractivity contribution in [2.24, 2.45) is 5.73 Å². The van der Waals surface area contributed by atoms with Crippen molar-refractivity contribution in [3.63, 3.8) is 0 Å². The summed E-state index contributed by atoms with van der Waals surface area (Å²) in [6.07, 6.45) is 2.81. The molecule has 0 unspecified atom stereocenters. The Morgan fingerprint density at radius 2 is 2.17 bits per heavy atom. The van der Waals surface area contributed by atoms with Crippen molar-refractivity contribution in [2.75, 3.05) is 19.8 Å². The summed E-state index contributed by atoms with van der Waals surface area (Å²) in [7, 11) is 0. The van der Waals surface area contributed by atoms with Crippen molar-refractivity contribution in [1.29, 1.82) is 0 Å². The summed E-state index contributed by atoms with van der Waals surface area (Å²) in [6.45, 7) is 0.663. The third-order valence-corrected chi connectivity index (χ3v) is 4.20. The lowest BCUT2D eigenvalue weighted by atomic mass is 10.1. The lowest BCUT2D eigenvalue weighted by molar-refractivity contribution is -0.126. The van der Waals surface area contributed by atoms with Crippen LogP contribution in [0, 0.1) is 0 Å². The van der Waals surface area contributed by atoms with Crippen molar-refractivity contribution in [1.82, 2.24) is 20.0 Å². The normalized spacial score (nSPS) is 28.8. The zero-order chi connectivity index (χ0) is 16.5. The number of carbonyl (C=O) groups is 1. The van der Waals surface area contributed by atoms with Crippen molar-refractivity contribution >= 4 is 5.91 Å². The minimum absolute atomic E-state index is 0.0952. The maximum absolute atomic E-state index is 10.9. The van der Waals surface area contributed by atoms with Gasteiger partial charge in [-0.1, -0.05) is 11.3 Å². The first-order valence-corrected chi connectivity index (χ1v) is 7.69. The van der Waals surface area contributed by atoms with Gasteiger partial charge in [-0.3, -0.25) is 9.78 Å². The van der Waals surface area contributed by atoms with Gasteiger partial charge in [0.25, 0.3) is 0 Å². The molecule has 2 aromatic heterocycles. The summed E-state index contributed by atoms with van der Waals surface area (Å²) >= 11 is 0. The number of pyridine rings is 1. The van der Waals surface area contributed by atoms with Gasteiger partial charge in [0.05, 0.1) is 25.1 Å². The van der Waals surface area contributed by atoms with Gasteiger partial charge >= 0.3 is 0 Å². The number of aromatic nitrogens is 4. The Labute approximate surface area is 137 Å². The van der Waals surface area contributed by atoms with E-state index in [4.69, 9.17) is 19.9 Å². The molecule has 9 nitrogen and oxygen atoms in total. The molecule has 0 bridgehead atoms. The van der Waals surface area contributed by atoms with Crippen LogP contribution in [-0.4, -0.2) is 64.0 Å². The summed E-state index contributed by atoms with van der Waals surface area (Å²) in [4.78, 5) is 15.1.